The number of carbonyl (C=O) groups is 1. The van der Waals surface area contributed by atoms with Gasteiger partial charge in [0, 0.05) is 6.08 Å². The fourth-order valence-electron chi connectivity index (χ4n) is 0.700. The zero-order valence-corrected chi connectivity index (χ0v) is 8.46. The van der Waals surface area contributed by atoms with Gasteiger partial charge in [0.1, 0.15) is 6.16 Å². The Morgan fingerprint density at radius 3 is 2.77 bits per heavy atom. The average molecular weight is 204 g/mol. The molecule has 5 heteroatoms. The van der Waals surface area contributed by atoms with Crippen molar-refractivity contribution in [2.75, 3.05) is 12.8 Å². The summed E-state index contributed by atoms with van der Waals surface area (Å²) in [6, 6.07) is 0. The van der Waals surface area contributed by atoms with Crippen molar-refractivity contribution in [1.82, 2.24) is 0 Å². The van der Waals surface area contributed by atoms with Crippen LogP contribution in [-0.2, 0) is 14.1 Å². The summed E-state index contributed by atoms with van der Waals surface area (Å²) in [5.41, 5.74) is 0. The highest BCUT2D eigenvalue weighted by atomic mass is 31.1. The molecule has 1 unspecified atom stereocenters. The molecule has 0 bridgehead atoms. The summed E-state index contributed by atoms with van der Waals surface area (Å²) in [6.07, 6.45) is 4.22. The molecule has 0 radical (unpaired) electrons. The maximum atomic E-state index is 10.7. The van der Waals surface area contributed by atoms with Crippen LogP contribution in [0.15, 0.2) is 12.2 Å². The van der Waals surface area contributed by atoms with Gasteiger partial charge in [-0.25, -0.2) is 4.79 Å². The number of ether oxygens (including phenoxy) is 1. The molecular formula is C8H13O4P. The van der Waals surface area contributed by atoms with Crippen molar-refractivity contribution < 1.29 is 19.0 Å². The number of hydrogen-bond acceptors (Lipinski definition) is 4. The van der Waals surface area contributed by atoms with E-state index in [9.17, 15) is 14.3 Å². The van der Waals surface area contributed by atoms with E-state index in [1.165, 1.54) is 6.08 Å². The molecule has 0 aliphatic heterocycles. The normalized spacial score (nSPS) is 11.7. The Balaban J connectivity index is 3.25. The Kier molecular flexibility index (Phi) is 7.45. The molecule has 1 atom stereocenters. The first kappa shape index (κ1) is 12.3. The van der Waals surface area contributed by atoms with E-state index in [4.69, 9.17) is 4.74 Å². The lowest BCUT2D eigenvalue weighted by molar-refractivity contribution is -0.164. The van der Waals surface area contributed by atoms with Crippen LogP contribution < -0.4 is 4.89 Å². The number of carbonyl (C=O) groups excluding carboxylic acids is 1. The molecule has 0 heterocycles. The summed E-state index contributed by atoms with van der Waals surface area (Å²) >= 11 is 0. The van der Waals surface area contributed by atoms with Crippen LogP contribution >= 0.6 is 8.03 Å². The Hall–Kier alpha value is -0.730. The minimum Gasteiger partial charge on any atom is -0.596 e. The monoisotopic (exact) mass is 204 g/mol. The highest BCUT2D eigenvalue weighted by Crippen LogP contribution is 2.09. The third kappa shape index (κ3) is 9.18. The molecule has 0 aliphatic rings. The third-order valence-corrected chi connectivity index (χ3v) is 1.96. The first-order chi connectivity index (χ1) is 6.16. The highest BCUT2D eigenvalue weighted by Gasteiger charge is 2.00. The van der Waals surface area contributed by atoms with Crippen LogP contribution in [0.5, 0.6) is 0 Å². The van der Waals surface area contributed by atoms with E-state index in [-0.39, 0.29) is 18.7 Å². The molecular weight excluding hydrogens is 191 g/mol. The lowest BCUT2D eigenvalue weighted by Gasteiger charge is -1.98. The summed E-state index contributed by atoms with van der Waals surface area (Å²) in [5.74, 6) is -0.381. The van der Waals surface area contributed by atoms with Gasteiger partial charge in [-0.2, -0.15) is 0 Å². The van der Waals surface area contributed by atoms with Crippen LogP contribution in [0, 0.1) is 0 Å². The zero-order valence-electron chi connectivity index (χ0n) is 7.56. The van der Waals surface area contributed by atoms with Crippen LogP contribution in [0.1, 0.15) is 19.8 Å². The van der Waals surface area contributed by atoms with E-state index < -0.39 is 8.03 Å². The maximum absolute atomic E-state index is 10.7. The Morgan fingerprint density at radius 1 is 1.54 bits per heavy atom. The van der Waals surface area contributed by atoms with Crippen molar-refractivity contribution in [2.45, 2.75) is 19.8 Å². The third-order valence-electron chi connectivity index (χ3n) is 1.28. The van der Waals surface area contributed by atoms with Gasteiger partial charge < -0.3 is 9.63 Å². The van der Waals surface area contributed by atoms with Crippen LogP contribution in [0.25, 0.3) is 0 Å². The minimum absolute atomic E-state index is 0.163. The Morgan fingerprint density at radius 2 is 2.23 bits per heavy atom. The number of allylic oxidation sites excluding steroid dienone is 1. The van der Waals surface area contributed by atoms with Gasteiger partial charge in [-0.3, -0.25) is 0 Å². The van der Waals surface area contributed by atoms with Crippen molar-refractivity contribution in [1.29, 1.82) is 0 Å². The van der Waals surface area contributed by atoms with Gasteiger partial charge in [-0.05, 0) is 19.8 Å². The predicted octanol–water partition coefficient (Wildman–Crippen LogP) is 0.989. The van der Waals surface area contributed by atoms with Gasteiger partial charge in [-0.15, -0.1) is 0 Å². The quantitative estimate of drug-likeness (QED) is 0.280. The number of esters is 1. The van der Waals surface area contributed by atoms with E-state index in [2.05, 4.69) is 0 Å². The van der Waals surface area contributed by atoms with E-state index in [1.807, 2.05) is 0 Å². The topological polar surface area (TPSA) is 66.4 Å². The van der Waals surface area contributed by atoms with Crippen LogP contribution in [0.4, 0.5) is 0 Å². The SMILES string of the molecule is CC=CC(=O)OCCCC[P+](=O)[O-]. The summed E-state index contributed by atoms with van der Waals surface area (Å²) in [5, 5.41) is 0. The molecule has 0 saturated heterocycles. The molecule has 0 fully saturated rings. The number of unbranched alkanes of at least 4 members (excludes halogenated alkanes) is 1. The van der Waals surface area contributed by atoms with Crippen molar-refractivity contribution in [3.8, 4) is 0 Å². The standard InChI is InChI=1S/C8H13O4P/c1-2-5-8(9)12-6-3-4-7-13(10)11/h2,5H,3-4,6-7H2,1H3. The van der Waals surface area contributed by atoms with Gasteiger partial charge in [0.05, 0.1) is 6.61 Å². The molecule has 0 aromatic rings. The molecule has 0 N–H and O–H groups in total. The van der Waals surface area contributed by atoms with Crippen molar-refractivity contribution >= 4 is 14.0 Å². The van der Waals surface area contributed by atoms with Crippen molar-refractivity contribution in [3.05, 3.63) is 12.2 Å². The largest absolute Gasteiger partial charge is 0.596 e. The zero-order chi connectivity index (χ0) is 10.1. The van der Waals surface area contributed by atoms with Gasteiger partial charge in [0.25, 0.3) is 0 Å². The summed E-state index contributed by atoms with van der Waals surface area (Å²) in [6.45, 7) is 2.01. The van der Waals surface area contributed by atoms with Crippen LogP contribution in [0.3, 0.4) is 0 Å². The minimum atomic E-state index is -2.29. The second-order valence-corrected chi connectivity index (χ2v) is 3.54. The van der Waals surface area contributed by atoms with E-state index in [0.29, 0.717) is 12.8 Å². The molecule has 0 aromatic heterocycles. The average Bonchev–Trinajstić information content (AvgIpc) is 2.03. The lowest BCUT2D eigenvalue weighted by Crippen LogP contribution is -2.02. The predicted molar refractivity (Wildman–Crippen MR) is 47.5 cm³/mol. The molecule has 0 aromatic carbocycles. The summed E-state index contributed by atoms with van der Waals surface area (Å²) in [4.78, 5) is 20.8. The Labute approximate surface area is 78.5 Å². The van der Waals surface area contributed by atoms with E-state index in [1.54, 1.807) is 13.0 Å². The highest BCUT2D eigenvalue weighted by molar-refractivity contribution is 7.36. The molecule has 4 nitrogen and oxygen atoms in total. The smallest absolute Gasteiger partial charge is 0.330 e. The van der Waals surface area contributed by atoms with Gasteiger partial charge in [0.15, 0.2) is 0 Å². The van der Waals surface area contributed by atoms with Crippen molar-refractivity contribution in [3.63, 3.8) is 0 Å². The fraction of sp³-hybridized carbons (Fsp3) is 0.625. The molecule has 74 valence electrons. The van der Waals surface area contributed by atoms with Crippen LogP contribution in [0.2, 0.25) is 0 Å². The van der Waals surface area contributed by atoms with E-state index >= 15 is 0 Å². The molecule has 0 spiro atoms. The van der Waals surface area contributed by atoms with Gasteiger partial charge in [-0.1, -0.05) is 10.6 Å². The summed E-state index contributed by atoms with van der Waals surface area (Å²) < 4.78 is 14.9. The Bertz CT molecular complexity index is 200. The molecule has 0 aliphatic carbocycles. The fourth-order valence-corrected chi connectivity index (χ4v) is 1.18. The first-order valence-electron chi connectivity index (χ1n) is 4.08. The van der Waals surface area contributed by atoms with Gasteiger partial charge in [0.2, 0.25) is 0 Å². The molecule has 0 amide bonds. The van der Waals surface area contributed by atoms with Crippen molar-refractivity contribution in [2.24, 2.45) is 0 Å². The van der Waals surface area contributed by atoms with Crippen LogP contribution in [-0.4, -0.2) is 18.7 Å². The van der Waals surface area contributed by atoms with E-state index in [0.717, 1.165) is 0 Å². The molecule has 0 saturated carbocycles. The number of hydrogen-bond donors (Lipinski definition) is 0. The first-order valence-corrected chi connectivity index (χ1v) is 5.44. The molecule has 0 rings (SSSR count). The second-order valence-electron chi connectivity index (χ2n) is 2.43. The second kappa shape index (κ2) is 7.90. The molecule has 13 heavy (non-hydrogen) atoms. The number of rotatable bonds is 6. The summed E-state index contributed by atoms with van der Waals surface area (Å²) in [7, 11) is -2.29. The lowest BCUT2D eigenvalue weighted by atomic mass is 10.4. The maximum Gasteiger partial charge on any atom is 0.330 e. The van der Waals surface area contributed by atoms with Gasteiger partial charge >= 0.3 is 14.0 Å².